The number of aromatic nitrogens is 3. The number of carbonyl (C=O) groups is 1. The predicted molar refractivity (Wildman–Crippen MR) is 130 cm³/mol. The van der Waals surface area contributed by atoms with Crippen LogP contribution in [0.3, 0.4) is 0 Å². The third kappa shape index (κ3) is 5.72. The molecule has 0 saturated carbocycles. The molecule has 1 fully saturated rings. The molecule has 1 aliphatic heterocycles. The van der Waals surface area contributed by atoms with Gasteiger partial charge in [-0.25, -0.2) is 19.7 Å². The van der Waals surface area contributed by atoms with Crippen molar-refractivity contribution in [1.82, 2.24) is 19.9 Å². The van der Waals surface area contributed by atoms with Crippen molar-refractivity contribution in [3.05, 3.63) is 29.0 Å². The zero-order valence-corrected chi connectivity index (χ0v) is 20.4. The third-order valence-electron chi connectivity index (χ3n) is 5.38. The van der Waals surface area contributed by atoms with Gasteiger partial charge in [0.15, 0.2) is 16.6 Å². The van der Waals surface area contributed by atoms with E-state index in [9.17, 15) is 4.79 Å². The lowest BCUT2D eigenvalue weighted by Gasteiger charge is -2.26. The van der Waals surface area contributed by atoms with Gasteiger partial charge in [0.25, 0.3) is 0 Å². The van der Waals surface area contributed by atoms with Gasteiger partial charge in [0.2, 0.25) is 0 Å². The number of methoxy groups -OCH3 is 1. The summed E-state index contributed by atoms with van der Waals surface area (Å²) in [6.07, 6.45) is 2.38. The zero-order chi connectivity index (χ0) is 23.9. The minimum Gasteiger partial charge on any atom is -0.493 e. The summed E-state index contributed by atoms with van der Waals surface area (Å²) >= 11 is 1.22. The zero-order valence-electron chi connectivity index (χ0n) is 19.6. The van der Waals surface area contributed by atoms with Gasteiger partial charge in [-0.2, -0.15) is 0 Å². The first kappa shape index (κ1) is 24.1. The fraction of sp³-hybridized carbons (Fsp3) is 0.478. The van der Waals surface area contributed by atoms with E-state index in [4.69, 9.17) is 18.9 Å². The number of anilines is 2. The van der Waals surface area contributed by atoms with Gasteiger partial charge >= 0.3 is 5.97 Å². The van der Waals surface area contributed by atoms with Gasteiger partial charge in [0.05, 0.1) is 44.7 Å². The number of esters is 1. The summed E-state index contributed by atoms with van der Waals surface area (Å²) in [6.45, 7) is 8.92. The van der Waals surface area contributed by atoms with Gasteiger partial charge in [-0.3, -0.25) is 4.90 Å². The lowest BCUT2D eigenvalue weighted by atomic mass is 10.2. The highest BCUT2D eigenvalue weighted by Crippen LogP contribution is 2.35. The predicted octanol–water partition coefficient (Wildman–Crippen LogP) is 3.42. The molecule has 34 heavy (non-hydrogen) atoms. The molecule has 10 nitrogen and oxygen atoms in total. The maximum absolute atomic E-state index is 12.1. The summed E-state index contributed by atoms with van der Waals surface area (Å²) in [6, 6.07) is 3.70. The van der Waals surface area contributed by atoms with Crippen molar-refractivity contribution in [1.29, 1.82) is 0 Å². The van der Waals surface area contributed by atoms with E-state index >= 15 is 0 Å². The standard InChI is InChI=1S/C23H29N5O5S/c1-4-32-22(29)20-15(2)26-23(34-20)27-21-16-12-18(30-3)19(13-17(16)24-14-25-21)33-9-5-6-28-7-10-31-11-8-28/h12-14H,4-11H2,1-3H3,(H,24,25,26,27). The van der Waals surface area contributed by atoms with E-state index in [-0.39, 0.29) is 5.97 Å². The molecule has 0 amide bonds. The normalized spacial score (nSPS) is 14.2. The van der Waals surface area contributed by atoms with Crippen molar-refractivity contribution < 1.29 is 23.7 Å². The molecule has 182 valence electrons. The Morgan fingerprint density at radius 1 is 1.24 bits per heavy atom. The number of carbonyl (C=O) groups excluding carboxylic acids is 1. The molecule has 0 atom stereocenters. The molecule has 4 rings (SSSR count). The van der Waals surface area contributed by atoms with E-state index in [0.29, 0.717) is 51.7 Å². The first-order valence-corrected chi connectivity index (χ1v) is 12.1. The number of morpholine rings is 1. The fourth-order valence-corrected chi connectivity index (χ4v) is 4.53. The topological polar surface area (TPSA) is 108 Å². The van der Waals surface area contributed by atoms with Gasteiger partial charge in [0.1, 0.15) is 17.0 Å². The van der Waals surface area contributed by atoms with Crippen molar-refractivity contribution in [3.8, 4) is 11.5 Å². The summed E-state index contributed by atoms with van der Waals surface area (Å²) < 4.78 is 22.1. The first-order valence-electron chi connectivity index (χ1n) is 11.3. The van der Waals surface area contributed by atoms with E-state index in [0.717, 1.165) is 44.7 Å². The second-order valence-corrected chi connectivity index (χ2v) is 8.68. The molecule has 0 aliphatic carbocycles. The van der Waals surface area contributed by atoms with Gasteiger partial charge in [0, 0.05) is 31.1 Å². The minimum atomic E-state index is -0.379. The molecular weight excluding hydrogens is 458 g/mol. The quantitative estimate of drug-likeness (QED) is 0.337. The van der Waals surface area contributed by atoms with Crippen molar-refractivity contribution in [2.75, 3.05) is 58.5 Å². The van der Waals surface area contributed by atoms with Crippen LogP contribution in [0.25, 0.3) is 10.9 Å². The maximum Gasteiger partial charge on any atom is 0.350 e. The summed E-state index contributed by atoms with van der Waals surface area (Å²) in [4.78, 5) is 28.2. The number of nitrogens with zero attached hydrogens (tertiary/aromatic N) is 4. The van der Waals surface area contributed by atoms with Crippen LogP contribution in [0.15, 0.2) is 18.5 Å². The molecule has 3 heterocycles. The highest BCUT2D eigenvalue weighted by Gasteiger charge is 2.18. The molecule has 0 radical (unpaired) electrons. The highest BCUT2D eigenvalue weighted by atomic mass is 32.1. The number of thiazole rings is 1. The van der Waals surface area contributed by atoms with Crippen LogP contribution in [0.5, 0.6) is 11.5 Å². The van der Waals surface area contributed by atoms with Crippen molar-refractivity contribution in [2.45, 2.75) is 20.3 Å². The third-order valence-corrected chi connectivity index (χ3v) is 6.44. The first-order chi connectivity index (χ1) is 16.6. The second kappa shape index (κ2) is 11.4. The van der Waals surface area contributed by atoms with Crippen LogP contribution >= 0.6 is 11.3 Å². The van der Waals surface area contributed by atoms with Crippen LogP contribution in [0, 0.1) is 6.92 Å². The van der Waals surface area contributed by atoms with E-state index in [2.05, 4.69) is 25.2 Å². The van der Waals surface area contributed by atoms with Crippen molar-refractivity contribution >= 4 is 39.2 Å². The lowest BCUT2D eigenvalue weighted by Crippen LogP contribution is -2.37. The molecule has 3 aromatic rings. The molecule has 1 aromatic carbocycles. The summed E-state index contributed by atoms with van der Waals surface area (Å²) in [5, 5.41) is 4.50. The highest BCUT2D eigenvalue weighted by molar-refractivity contribution is 7.17. The molecule has 0 spiro atoms. The van der Waals surface area contributed by atoms with Crippen LogP contribution < -0.4 is 14.8 Å². The fourth-order valence-electron chi connectivity index (χ4n) is 3.67. The Balaban J connectivity index is 1.48. The lowest BCUT2D eigenvalue weighted by molar-refractivity contribution is 0.0357. The Morgan fingerprint density at radius 2 is 2.06 bits per heavy atom. The Kier molecular flexibility index (Phi) is 8.09. The summed E-state index contributed by atoms with van der Waals surface area (Å²) in [5.74, 6) is 1.41. The largest absolute Gasteiger partial charge is 0.493 e. The number of fused-ring (bicyclic) bond motifs is 1. The Labute approximate surface area is 202 Å². The van der Waals surface area contributed by atoms with Crippen LogP contribution in [0.4, 0.5) is 10.9 Å². The average molecular weight is 488 g/mol. The smallest absolute Gasteiger partial charge is 0.350 e. The van der Waals surface area contributed by atoms with Crippen LogP contribution in [-0.2, 0) is 9.47 Å². The van der Waals surface area contributed by atoms with E-state index in [1.54, 1.807) is 21.0 Å². The number of ether oxygens (including phenoxy) is 4. The summed E-state index contributed by atoms with van der Waals surface area (Å²) in [7, 11) is 1.61. The van der Waals surface area contributed by atoms with E-state index < -0.39 is 0 Å². The Hall–Kier alpha value is -3.02. The molecule has 0 unspecified atom stereocenters. The van der Waals surface area contributed by atoms with Crippen LogP contribution in [-0.4, -0.2) is 79.0 Å². The Bertz CT molecular complexity index is 1130. The summed E-state index contributed by atoms with van der Waals surface area (Å²) in [5.41, 5.74) is 1.31. The molecular formula is C23H29N5O5S. The number of rotatable bonds is 10. The van der Waals surface area contributed by atoms with Crippen LogP contribution in [0.1, 0.15) is 28.7 Å². The number of benzene rings is 1. The van der Waals surface area contributed by atoms with E-state index in [1.807, 2.05) is 12.1 Å². The number of hydrogen-bond donors (Lipinski definition) is 1. The number of aryl methyl sites for hydroxylation is 1. The molecule has 1 saturated heterocycles. The van der Waals surface area contributed by atoms with Crippen molar-refractivity contribution in [2.24, 2.45) is 0 Å². The van der Waals surface area contributed by atoms with E-state index in [1.165, 1.54) is 17.7 Å². The second-order valence-electron chi connectivity index (χ2n) is 7.68. The average Bonchev–Trinajstić information content (AvgIpc) is 3.22. The molecule has 1 aliphatic rings. The Morgan fingerprint density at radius 3 is 2.82 bits per heavy atom. The SMILES string of the molecule is CCOC(=O)c1sc(Nc2ncnc3cc(OCCCN4CCOCC4)c(OC)cc23)nc1C. The van der Waals surface area contributed by atoms with Crippen LogP contribution in [0.2, 0.25) is 0 Å². The molecule has 1 N–H and O–H groups in total. The number of hydrogen-bond acceptors (Lipinski definition) is 11. The minimum absolute atomic E-state index is 0.312. The monoisotopic (exact) mass is 487 g/mol. The molecule has 11 heteroatoms. The van der Waals surface area contributed by atoms with Gasteiger partial charge in [-0.15, -0.1) is 0 Å². The van der Waals surface area contributed by atoms with Gasteiger partial charge < -0.3 is 24.3 Å². The van der Waals surface area contributed by atoms with Gasteiger partial charge in [-0.1, -0.05) is 11.3 Å². The molecule has 0 bridgehead atoms. The maximum atomic E-state index is 12.1. The number of nitrogens with one attached hydrogen (secondary N) is 1. The van der Waals surface area contributed by atoms with Gasteiger partial charge in [-0.05, 0) is 26.3 Å². The van der Waals surface area contributed by atoms with Crippen molar-refractivity contribution in [3.63, 3.8) is 0 Å². The molecule has 2 aromatic heterocycles.